The molecule has 4 saturated carbocycles. The van der Waals surface area contributed by atoms with Gasteiger partial charge in [0.25, 0.3) is 0 Å². The normalized spacial score (nSPS) is 26.6. The highest BCUT2D eigenvalue weighted by Crippen LogP contribution is 2.68. The van der Waals surface area contributed by atoms with Gasteiger partial charge in [-0.2, -0.15) is 5.26 Å². The van der Waals surface area contributed by atoms with E-state index in [0.29, 0.717) is 105 Å². The molecule has 0 aliphatic heterocycles. The number of ether oxygens (including phenoxy) is 1. The van der Waals surface area contributed by atoms with Crippen molar-refractivity contribution in [2.45, 2.75) is 190 Å². The lowest BCUT2D eigenvalue weighted by Crippen LogP contribution is -2.53. The Morgan fingerprint density at radius 2 is 1.58 bits per heavy atom. The lowest BCUT2D eigenvalue weighted by atomic mass is 9.44. The zero-order chi connectivity index (χ0) is 57.6. The zero-order valence-corrected chi connectivity index (χ0v) is 49.8. The number of aromatic nitrogens is 1. The molecule has 1 aromatic carbocycles. The average molecular weight is 1110 g/mol. The number of thiazole rings is 1. The number of allylic oxidation sites excluding steroid dienone is 4. The van der Waals surface area contributed by atoms with Gasteiger partial charge in [0, 0.05) is 86.3 Å². The van der Waals surface area contributed by atoms with E-state index >= 15 is 0 Å². The van der Waals surface area contributed by atoms with Crippen LogP contribution >= 0.6 is 11.3 Å². The molecule has 79 heavy (non-hydrogen) atoms. The van der Waals surface area contributed by atoms with Crippen molar-refractivity contribution in [2.24, 2.45) is 57.7 Å². The second-order valence-electron chi connectivity index (χ2n) is 25.8. The van der Waals surface area contributed by atoms with Gasteiger partial charge in [0.1, 0.15) is 17.9 Å². The number of rotatable bonds is 24. The Morgan fingerprint density at radius 1 is 0.861 bits per heavy atom. The predicted octanol–water partition coefficient (Wildman–Crippen LogP) is 11.8. The van der Waals surface area contributed by atoms with Crippen molar-refractivity contribution in [2.75, 3.05) is 33.2 Å². The number of amides is 4. The fraction of sp³-hybridized carbons (Fsp3) is 0.698. The topological polar surface area (TPSA) is 216 Å². The smallest absolute Gasteiger partial charge is 0.415 e. The van der Waals surface area contributed by atoms with Crippen molar-refractivity contribution in [1.29, 1.82) is 5.26 Å². The molecule has 15 nitrogen and oxygen atoms in total. The summed E-state index contributed by atoms with van der Waals surface area (Å²) in [6.07, 6.45) is 15.9. The number of hydrogen-bond acceptors (Lipinski definition) is 11. The summed E-state index contributed by atoms with van der Waals surface area (Å²) < 4.78 is 6.49. The number of hydrogen-bond donors (Lipinski definition) is 3. The van der Waals surface area contributed by atoms with Crippen LogP contribution in [-0.2, 0) is 28.8 Å². The molecule has 0 bridgehead atoms. The summed E-state index contributed by atoms with van der Waals surface area (Å²) in [5.74, 6) is 3.41. The molecule has 3 N–H and O–H groups in total. The monoisotopic (exact) mass is 1110 g/mol. The molecule has 16 heteroatoms. The highest BCUT2D eigenvalue weighted by molar-refractivity contribution is 7.19. The minimum atomic E-state index is -1.05. The number of nitrogens with one attached hydrogen (secondary N) is 2. The van der Waals surface area contributed by atoms with E-state index in [-0.39, 0.29) is 73.9 Å². The number of Topliss-reactive ketones (excluding diaryl/α,β-unsaturated/α-hetero) is 2. The first-order chi connectivity index (χ1) is 37.4. The first-order valence-electron chi connectivity index (χ1n) is 29.7. The average Bonchev–Trinajstić information content (AvgIpc) is 4.26. The molecule has 5 aliphatic rings. The summed E-state index contributed by atoms with van der Waals surface area (Å²) in [6, 6.07) is 6.00. The summed E-state index contributed by atoms with van der Waals surface area (Å²) >= 11 is 1.19. The SMILES string of the molecule is CC1=C(C)C(=O)C(C(C)(C)CC(=O)N(C)CCN(CCCCCC(=O)NCCCCC(NC(=O)CC[C@@H](C)[C@H]2CC[C@H]3[C@@H]4CC[C@@H]5C[C@H](C)CC[C@]5(C)[C@H]4CC[C@]23C)C(=O)O)C(=O)Oc2ccc3nc(C#N)sc3c2)=C(C)C1=O. The minimum Gasteiger partial charge on any atom is -0.480 e. The third-order valence-corrected chi connectivity index (χ3v) is 21.2. The molecule has 0 saturated heterocycles. The molecule has 0 radical (unpaired) electrons. The van der Waals surface area contributed by atoms with Gasteiger partial charge in [0.2, 0.25) is 17.7 Å². The highest BCUT2D eigenvalue weighted by atomic mass is 32.1. The number of ketones is 2. The molecule has 1 aromatic heterocycles. The first kappa shape index (κ1) is 61.2. The molecule has 2 aromatic rings. The predicted molar refractivity (Wildman–Crippen MR) is 307 cm³/mol. The van der Waals surface area contributed by atoms with Gasteiger partial charge in [-0.1, -0.05) is 54.4 Å². The number of aliphatic carboxylic acids is 1. The highest BCUT2D eigenvalue weighted by Gasteiger charge is 2.60. The van der Waals surface area contributed by atoms with Crippen LogP contribution in [0.1, 0.15) is 189 Å². The van der Waals surface area contributed by atoms with Crippen LogP contribution in [0.4, 0.5) is 4.79 Å². The van der Waals surface area contributed by atoms with E-state index in [1.165, 1.54) is 78.9 Å². The van der Waals surface area contributed by atoms with Gasteiger partial charge in [-0.15, -0.1) is 11.3 Å². The van der Waals surface area contributed by atoms with Crippen molar-refractivity contribution in [1.82, 2.24) is 25.4 Å². The maximum absolute atomic E-state index is 13.7. The zero-order valence-electron chi connectivity index (χ0n) is 49.0. The third kappa shape index (κ3) is 14.0. The maximum atomic E-state index is 13.7. The largest absolute Gasteiger partial charge is 0.480 e. The van der Waals surface area contributed by atoms with E-state index in [4.69, 9.17) is 4.74 Å². The number of benzene rings is 1. The summed E-state index contributed by atoms with van der Waals surface area (Å²) in [5, 5.41) is 25.4. The number of unbranched alkanes of at least 4 members (excludes halogenated alkanes) is 3. The molecule has 10 atom stereocenters. The van der Waals surface area contributed by atoms with Crippen LogP contribution in [0, 0.1) is 69.0 Å². The molecule has 432 valence electrons. The fourth-order valence-electron chi connectivity index (χ4n) is 15.5. The lowest BCUT2D eigenvalue weighted by Gasteiger charge is -2.61. The number of carboxylic acids is 1. The molecule has 5 aliphatic carbocycles. The van der Waals surface area contributed by atoms with Crippen molar-refractivity contribution in [3.05, 3.63) is 45.5 Å². The van der Waals surface area contributed by atoms with Crippen LogP contribution in [-0.4, -0.2) is 101 Å². The number of nitriles is 1. The Balaban J connectivity index is 0.813. The number of likely N-dealkylation sites (N-methyl/N-ethyl adjacent to an activating group) is 1. The van der Waals surface area contributed by atoms with Gasteiger partial charge in [0.05, 0.1) is 10.2 Å². The molecule has 7 rings (SSSR count). The minimum absolute atomic E-state index is 0.0334. The van der Waals surface area contributed by atoms with Crippen molar-refractivity contribution in [3.8, 4) is 11.8 Å². The maximum Gasteiger partial charge on any atom is 0.415 e. The molecular weight excluding hydrogens is 1020 g/mol. The van der Waals surface area contributed by atoms with Crippen LogP contribution in [0.15, 0.2) is 40.5 Å². The number of fused-ring (bicyclic) bond motifs is 6. The molecule has 4 amide bonds. The quantitative estimate of drug-likeness (QED) is 0.0664. The summed E-state index contributed by atoms with van der Waals surface area (Å²) in [5.41, 5.74) is 1.98. The lowest BCUT2D eigenvalue weighted by molar-refractivity contribution is -0.142. The number of carbonyl (C=O) groups excluding carboxylic acids is 6. The number of nitrogens with zero attached hydrogens (tertiary/aromatic N) is 4. The van der Waals surface area contributed by atoms with Crippen LogP contribution in [0.5, 0.6) is 5.75 Å². The first-order valence-corrected chi connectivity index (χ1v) is 30.5. The van der Waals surface area contributed by atoms with Gasteiger partial charge in [0.15, 0.2) is 16.6 Å². The summed E-state index contributed by atoms with van der Waals surface area (Å²) in [7, 11) is 1.63. The van der Waals surface area contributed by atoms with Crippen LogP contribution in [0.3, 0.4) is 0 Å². The fourth-order valence-corrected chi connectivity index (χ4v) is 16.3. The van der Waals surface area contributed by atoms with E-state index in [0.717, 1.165) is 36.0 Å². The van der Waals surface area contributed by atoms with Gasteiger partial charge in [-0.05, 0) is 175 Å². The Morgan fingerprint density at radius 3 is 2.32 bits per heavy atom. The summed E-state index contributed by atoms with van der Waals surface area (Å²) in [4.78, 5) is 99.3. The molecular formula is C63H90N6O9S. The molecule has 0 spiro atoms. The molecule has 1 heterocycles. The van der Waals surface area contributed by atoms with E-state index in [2.05, 4.69) is 43.3 Å². The van der Waals surface area contributed by atoms with Crippen LogP contribution in [0.25, 0.3) is 10.2 Å². The van der Waals surface area contributed by atoms with Crippen molar-refractivity contribution < 1.29 is 43.4 Å². The Hall–Kier alpha value is -5.43. The van der Waals surface area contributed by atoms with Crippen LogP contribution < -0.4 is 15.4 Å². The summed E-state index contributed by atoms with van der Waals surface area (Å²) in [6.45, 7) is 19.4. The molecule has 4 fully saturated rings. The van der Waals surface area contributed by atoms with Crippen molar-refractivity contribution >= 4 is 62.9 Å². The Bertz CT molecular complexity index is 2740. The Labute approximate surface area is 473 Å². The van der Waals surface area contributed by atoms with Crippen LogP contribution in [0.2, 0.25) is 0 Å². The van der Waals surface area contributed by atoms with Gasteiger partial charge >= 0.3 is 12.1 Å². The number of carbonyl (C=O) groups is 7. The van der Waals surface area contributed by atoms with Gasteiger partial charge < -0.3 is 30.3 Å². The van der Waals surface area contributed by atoms with Gasteiger partial charge in [-0.25, -0.2) is 14.6 Å². The molecule has 1 unspecified atom stereocenters. The van der Waals surface area contributed by atoms with E-state index in [1.54, 1.807) is 59.9 Å². The standard InChI is InChI=1S/C63H90N6O9S/c1-38-26-28-62(8)43(34-38)19-21-45-47-23-22-46(63(47,9)29-27-48(45)62)39(2)18-25-53(71)66-50(59(75)76)16-13-14-30-65-52(70)17-12-11-15-31-69(60(77)78-44-20-24-49-51(35-44)79-54(37-64)67-49)33-32-68(10)55(72)36-61(6,7)56-42(5)57(73)40(3)41(4)58(56)74/h20,24,35,38-39,43,45-48,50H,11-19,21-23,25-34,36H2,1-10H3,(H,65,70)(H,66,71)(H,75,76)/t38-,39-,43-,45+,46-,47+,48+,50?,62+,63-/m1/s1. The third-order valence-electron chi connectivity index (χ3n) is 20.2. The second-order valence-corrected chi connectivity index (χ2v) is 26.8. The van der Waals surface area contributed by atoms with E-state index in [1.807, 2.05) is 6.07 Å². The second kappa shape index (κ2) is 26.0. The van der Waals surface area contributed by atoms with E-state index in [9.17, 15) is 43.9 Å². The van der Waals surface area contributed by atoms with Crippen molar-refractivity contribution in [3.63, 3.8) is 0 Å². The number of carboxylic acid groups (broad SMARTS) is 1. The Kier molecular flexibility index (Phi) is 20.1. The van der Waals surface area contributed by atoms with Gasteiger partial charge in [-0.3, -0.25) is 24.0 Å². The van der Waals surface area contributed by atoms with E-state index < -0.39 is 23.5 Å².